The summed E-state index contributed by atoms with van der Waals surface area (Å²) in [4.78, 5) is 30.3. The van der Waals surface area contributed by atoms with Crippen molar-refractivity contribution in [3.8, 4) is 0 Å². The van der Waals surface area contributed by atoms with Crippen LogP contribution in [0.5, 0.6) is 0 Å². The first kappa shape index (κ1) is 18.2. The molecule has 6 heteroatoms. The van der Waals surface area contributed by atoms with E-state index in [0.717, 1.165) is 25.8 Å². The Balaban J connectivity index is 1.56. The molecular formula is C19H28N2O3S. The molecular weight excluding hydrogens is 336 g/mol. The lowest BCUT2D eigenvalue weighted by Crippen LogP contribution is -2.47. The van der Waals surface area contributed by atoms with Gasteiger partial charge in [-0.3, -0.25) is 4.79 Å². The highest BCUT2D eigenvalue weighted by molar-refractivity contribution is 7.10. The van der Waals surface area contributed by atoms with Gasteiger partial charge in [-0.15, -0.1) is 11.3 Å². The van der Waals surface area contributed by atoms with Crippen LogP contribution in [0.2, 0.25) is 0 Å². The lowest BCUT2D eigenvalue weighted by atomic mass is 9.92. The van der Waals surface area contributed by atoms with E-state index in [-0.39, 0.29) is 24.0 Å². The number of fused-ring (bicyclic) bond motifs is 1. The predicted molar refractivity (Wildman–Crippen MR) is 98.7 cm³/mol. The second-order valence-electron chi connectivity index (χ2n) is 8.00. The fraction of sp³-hybridized carbons (Fsp3) is 0.684. The molecule has 1 aromatic heterocycles. The van der Waals surface area contributed by atoms with E-state index in [0.29, 0.717) is 13.1 Å². The summed E-state index contributed by atoms with van der Waals surface area (Å²) in [6, 6.07) is 2.31. The number of piperidine rings is 1. The third-order valence-corrected chi connectivity index (χ3v) is 6.05. The summed E-state index contributed by atoms with van der Waals surface area (Å²) in [6.07, 6.45) is 2.13. The summed E-state index contributed by atoms with van der Waals surface area (Å²) >= 11 is 1.79. The first-order valence-electron chi connectivity index (χ1n) is 9.11. The van der Waals surface area contributed by atoms with E-state index < -0.39 is 5.60 Å². The molecule has 2 aliphatic heterocycles. The Morgan fingerprint density at radius 1 is 1.20 bits per heavy atom. The van der Waals surface area contributed by atoms with Gasteiger partial charge >= 0.3 is 6.09 Å². The van der Waals surface area contributed by atoms with E-state index in [4.69, 9.17) is 4.74 Å². The van der Waals surface area contributed by atoms with E-state index in [1.54, 1.807) is 16.2 Å². The van der Waals surface area contributed by atoms with E-state index >= 15 is 0 Å². The van der Waals surface area contributed by atoms with Gasteiger partial charge in [-0.25, -0.2) is 4.79 Å². The Labute approximate surface area is 153 Å². The van der Waals surface area contributed by atoms with Crippen molar-refractivity contribution in [1.82, 2.24) is 9.80 Å². The fourth-order valence-electron chi connectivity index (χ4n) is 3.68. The first-order chi connectivity index (χ1) is 11.8. The molecule has 5 nitrogen and oxygen atoms in total. The summed E-state index contributed by atoms with van der Waals surface area (Å²) in [7, 11) is 0. The molecule has 0 aromatic carbocycles. The number of rotatable bonds is 1. The average molecular weight is 365 g/mol. The third kappa shape index (κ3) is 4.00. The molecule has 0 spiro atoms. The summed E-state index contributed by atoms with van der Waals surface area (Å²) in [5.74, 6) is 0.259. The number of nitrogens with zero attached hydrogens (tertiary/aromatic N) is 2. The molecule has 1 saturated heterocycles. The minimum absolute atomic E-state index is 0.0151. The smallest absolute Gasteiger partial charge is 0.410 e. The molecule has 138 valence electrons. The maximum Gasteiger partial charge on any atom is 0.410 e. The van der Waals surface area contributed by atoms with Crippen molar-refractivity contribution in [2.75, 3.05) is 19.6 Å². The maximum absolute atomic E-state index is 13.0. The Hall–Kier alpha value is -1.56. The number of carbonyl (C=O) groups is 2. The van der Waals surface area contributed by atoms with Gasteiger partial charge in [-0.05, 0) is 64.0 Å². The SMILES string of the molecule is C[C@@H]1c2ccsc2CCN1C(=O)C1CCN(C(=O)OC(C)(C)C)CC1. The summed E-state index contributed by atoms with van der Waals surface area (Å²) in [5, 5.41) is 2.12. The van der Waals surface area contributed by atoms with Crippen molar-refractivity contribution in [3.05, 3.63) is 21.9 Å². The normalized spacial score (nSPS) is 21.8. The minimum atomic E-state index is -0.481. The van der Waals surface area contributed by atoms with Gasteiger partial charge in [0.25, 0.3) is 0 Å². The van der Waals surface area contributed by atoms with Gasteiger partial charge in [0.15, 0.2) is 0 Å². The Bertz CT molecular complexity index is 641. The van der Waals surface area contributed by atoms with Crippen LogP contribution >= 0.6 is 11.3 Å². The Morgan fingerprint density at radius 2 is 1.88 bits per heavy atom. The van der Waals surface area contributed by atoms with Crippen LogP contribution in [-0.4, -0.2) is 47.0 Å². The van der Waals surface area contributed by atoms with Gasteiger partial charge < -0.3 is 14.5 Å². The molecule has 1 aromatic rings. The highest BCUT2D eigenvalue weighted by Gasteiger charge is 2.35. The minimum Gasteiger partial charge on any atom is -0.444 e. The van der Waals surface area contributed by atoms with Crippen LogP contribution in [0.25, 0.3) is 0 Å². The zero-order valence-electron chi connectivity index (χ0n) is 15.6. The topological polar surface area (TPSA) is 49.9 Å². The lowest BCUT2D eigenvalue weighted by Gasteiger charge is -2.39. The van der Waals surface area contributed by atoms with E-state index in [2.05, 4.69) is 18.4 Å². The van der Waals surface area contributed by atoms with Gasteiger partial charge in [0.1, 0.15) is 5.60 Å². The monoisotopic (exact) mass is 364 g/mol. The van der Waals surface area contributed by atoms with E-state index in [9.17, 15) is 9.59 Å². The first-order valence-corrected chi connectivity index (χ1v) is 9.99. The molecule has 3 heterocycles. The zero-order valence-corrected chi connectivity index (χ0v) is 16.4. The average Bonchev–Trinajstić information content (AvgIpc) is 3.03. The van der Waals surface area contributed by atoms with Gasteiger partial charge in [0, 0.05) is 30.4 Å². The van der Waals surface area contributed by atoms with E-state index in [1.165, 1.54) is 10.4 Å². The Kier molecular flexibility index (Phi) is 5.09. The predicted octanol–water partition coefficient (Wildman–Crippen LogP) is 3.84. The molecule has 0 aliphatic carbocycles. The summed E-state index contributed by atoms with van der Waals surface area (Å²) < 4.78 is 5.43. The fourth-order valence-corrected chi connectivity index (χ4v) is 4.64. The molecule has 25 heavy (non-hydrogen) atoms. The molecule has 0 N–H and O–H groups in total. The molecule has 0 bridgehead atoms. The van der Waals surface area contributed by atoms with Crippen molar-refractivity contribution in [2.45, 2.75) is 58.6 Å². The quantitative estimate of drug-likeness (QED) is 0.761. The number of hydrogen-bond acceptors (Lipinski definition) is 4. The number of likely N-dealkylation sites (tertiary alicyclic amines) is 1. The molecule has 0 unspecified atom stereocenters. The van der Waals surface area contributed by atoms with Crippen molar-refractivity contribution < 1.29 is 14.3 Å². The van der Waals surface area contributed by atoms with Gasteiger partial charge in [-0.1, -0.05) is 0 Å². The van der Waals surface area contributed by atoms with Crippen LogP contribution in [0.15, 0.2) is 11.4 Å². The third-order valence-electron chi connectivity index (χ3n) is 5.06. The van der Waals surface area contributed by atoms with Crippen molar-refractivity contribution in [3.63, 3.8) is 0 Å². The van der Waals surface area contributed by atoms with E-state index in [1.807, 2.05) is 25.7 Å². The van der Waals surface area contributed by atoms with Crippen LogP contribution < -0.4 is 0 Å². The highest BCUT2D eigenvalue weighted by atomic mass is 32.1. The van der Waals surface area contributed by atoms with Crippen LogP contribution in [0.1, 0.15) is 57.0 Å². The maximum atomic E-state index is 13.0. The van der Waals surface area contributed by atoms with Gasteiger partial charge in [0.2, 0.25) is 5.91 Å². The second-order valence-corrected chi connectivity index (χ2v) is 9.00. The molecule has 3 rings (SSSR count). The largest absolute Gasteiger partial charge is 0.444 e. The summed E-state index contributed by atoms with van der Waals surface area (Å²) in [6.45, 7) is 9.74. The van der Waals surface area contributed by atoms with Crippen LogP contribution in [0.4, 0.5) is 4.79 Å². The second kappa shape index (κ2) is 6.98. The highest BCUT2D eigenvalue weighted by Crippen LogP contribution is 2.34. The van der Waals surface area contributed by atoms with Gasteiger partial charge in [0.05, 0.1) is 6.04 Å². The van der Waals surface area contributed by atoms with Crippen LogP contribution in [-0.2, 0) is 16.0 Å². The molecule has 2 amide bonds. The number of ether oxygens (including phenoxy) is 1. The van der Waals surface area contributed by atoms with Crippen molar-refractivity contribution >= 4 is 23.3 Å². The zero-order chi connectivity index (χ0) is 18.2. The van der Waals surface area contributed by atoms with Crippen LogP contribution in [0.3, 0.4) is 0 Å². The lowest BCUT2D eigenvalue weighted by molar-refractivity contribution is -0.139. The van der Waals surface area contributed by atoms with Crippen molar-refractivity contribution in [1.29, 1.82) is 0 Å². The summed E-state index contributed by atoms with van der Waals surface area (Å²) in [5.41, 5.74) is 0.821. The standard InChI is InChI=1S/C19H28N2O3S/c1-13-15-8-12-25-16(15)7-11-21(13)17(22)14-5-9-20(10-6-14)18(23)24-19(2,3)4/h8,12-14H,5-7,9-11H2,1-4H3/t13-/m1/s1. The Morgan fingerprint density at radius 3 is 2.52 bits per heavy atom. The molecule has 2 aliphatic rings. The molecule has 0 radical (unpaired) electrons. The number of hydrogen-bond donors (Lipinski definition) is 0. The molecule has 1 fully saturated rings. The van der Waals surface area contributed by atoms with Gasteiger partial charge in [-0.2, -0.15) is 0 Å². The molecule has 1 atom stereocenters. The number of amides is 2. The number of carbonyl (C=O) groups excluding carboxylic acids is 2. The number of thiophene rings is 1. The molecule has 0 saturated carbocycles. The van der Waals surface area contributed by atoms with Crippen molar-refractivity contribution in [2.24, 2.45) is 5.92 Å². The van der Waals surface area contributed by atoms with Crippen LogP contribution in [0, 0.1) is 5.92 Å².